The molecule has 0 bridgehead atoms. The van der Waals surface area contributed by atoms with Gasteiger partial charge in [-0.05, 0) is 37.5 Å². The molecule has 17 nitrogen and oxygen atoms in total. The lowest BCUT2D eigenvalue weighted by molar-refractivity contribution is -0.161. The second-order valence-electron chi connectivity index (χ2n) is 29.5. The third kappa shape index (κ3) is 72.8. The van der Waals surface area contributed by atoms with Crippen molar-refractivity contribution in [2.45, 2.75) is 439 Å². The summed E-state index contributed by atoms with van der Waals surface area (Å²) in [5.41, 5.74) is 0. The summed E-state index contributed by atoms with van der Waals surface area (Å²) in [5, 5.41) is 10.6. The Morgan fingerprint density at radius 1 is 0.293 bits per heavy atom. The predicted octanol–water partition coefficient (Wildman–Crippen LogP) is 23.9. The first-order chi connectivity index (χ1) is 47.9. The summed E-state index contributed by atoms with van der Waals surface area (Å²) in [6, 6.07) is 0. The number of hydrogen-bond donors (Lipinski definition) is 3. The third-order valence-electron chi connectivity index (χ3n) is 19.1. The van der Waals surface area contributed by atoms with Gasteiger partial charge in [0.15, 0.2) is 12.2 Å². The molecule has 0 saturated heterocycles. The summed E-state index contributed by atoms with van der Waals surface area (Å²) in [4.78, 5) is 72.9. The summed E-state index contributed by atoms with van der Waals surface area (Å²) in [6.45, 7) is 9.56. The number of esters is 4. The minimum atomic E-state index is -4.96. The SMILES string of the molecule is CCCCCCCCCCCCCCCCCCCCCCC(=O)O[C@H](COC(=O)CCCCCCCCCCCCCCCCCCC)COP(=O)(O)OC[C@@H](O)COP(=O)(O)OC[C@@H](COC(=O)CCCCCCCCC(C)CC)OC(=O)CCCCCCCCCCCC(C)C. The fourth-order valence-electron chi connectivity index (χ4n) is 12.3. The van der Waals surface area contributed by atoms with Crippen molar-refractivity contribution in [3.8, 4) is 0 Å². The van der Waals surface area contributed by atoms with Gasteiger partial charge in [-0.15, -0.1) is 0 Å². The molecule has 0 saturated carbocycles. The van der Waals surface area contributed by atoms with E-state index in [0.717, 1.165) is 108 Å². The van der Waals surface area contributed by atoms with Crippen molar-refractivity contribution in [3.05, 3.63) is 0 Å². The van der Waals surface area contributed by atoms with Gasteiger partial charge in [-0.2, -0.15) is 0 Å². The summed E-state index contributed by atoms with van der Waals surface area (Å²) < 4.78 is 68.7. The van der Waals surface area contributed by atoms with Crippen LogP contribution in [0.4, 0.5) is 0 Å². The minimum absolute atomic E-state index is 0.105. The molecular formula is C80H156O17P2. The average Bonchev–Trinajstić information content (AvgIpc) is 1.000. The lowest BCUT2D eigenvalue weighted by Gasteiger charge is -2.21. The Bertz CT molecular complexity index is 1910. The topological polar surface area (TPSA) is 237 Å². The van der Waals surface area contributed by atoms with Crippen LogP contribution in [0.1, 0.15) is 420 Å². The fraction of sp³-hybridized carbons (Fsp3) is 0.950. The Kier molecular flexibility index (Phi) is 70.3. The highest BCUT2D eigenvalue weighted by Gasteiger charge is 2.30. The van der Waals surface area contributed by atoms with Crippen LogP contribution in [-0.2, 0) is 65.4 Å². The number of aliphatic hydroxyl groups excluding tert-OH is 1. The van der Waals surface area contributed by atoms with Gasteiger partial charge in [-0.3, -0.25) is 37.3 Å². The van der Waals surface area contributed by atoms with E-state index in [4.69, 9.17) is 37.0 Å². The molecule has 588 valence electrons. The van der Waals surface area contributed by atoms with Crippen LogP contribution in [0.3, 0.4) is 0 Å². The van der Waals surface area contributed by atoms with Crippen molar-refractivity contribution in [2.24, 2.45) is 11.8 Å². The first kappa shape index (κ1) is 97.1. The number of carbonyl (C=O) groups excluding carboxylic acids is 4. The van der Waals surface area contributed by atoms with Crippen molar-refractivity contribution in [3.63, 3.8) is 0 Å². The van der Waals surface area contributed by atoms with E-state index in [1.54, 1.807) is 0 Å². The number of rotatable bonds is 79. The summed E-state index contributed by atoms with van der Waals surface area (Å²) in [7, 11) is -9.92. The molecule has 0 radical (unpaired) electrons. The summed E-state index contributed by atoms with van der Waals surface area (Å²) in [6.07, 6.45) is 61.2. The summed E-state index contributed by atoms with van der Waals surface area (Å²) in [5.74, 6) is -0.645. The van der Waals surface area contributed by atoms with Crippen LogP contribution in [0.5, 0.6) is 0 Å². The Balaban J connectivity index is 5.22. The molecule has 0 aromatic rings. The van der Waals surface area contributed by atoms with E-state index in [1.165, 1.54) is 231 Å². The maximum Gasteiger partial charge on any atom is 0.472 e. The minimum Gasteiger partial charge on any atom is -0.462 e. The van der Waals surface area contributed by atoms with Gasteiger partial charge in [-0.1, -0.05) is 369 Å². The molecule has 0 fully saturated rings. The maximum atomic E-state index is 13.1. The molecule has 0 heterocycles. The Morgan fingerprint density at radius 2 is 0.515 bits per heavy atom. The molecule has 0 spiro atoms. The lowest BCUT2D eigenvalue weighted by Crippen LogP contribution is -2.30. The van der Waals surface area contributed by atoms with Crippen LogP contribution in [0.15, 0.2) is 0 Å². The maximum absolute atomic E-state index is 13.1. The van der Waals surface area contributed by atoms with E-state index < -0.39 is 97.5 Å². The van der Waals surface area contributed by atoms with Crippen molar-refractivity contribution in [1.29, 1.82) is 0 Å². The van der Waals surface area contributed by atoms with E-state index in [1.807, 2.05) is 0 Å². The van der Waals surface area contributed by atoms with Crippen LogP contribution >= 0.6 is 15.6 Å². The van der Waals surface area contributed by atoms with Gasteiger partial charge < -0.3 is 33.8 Å². The largest absolute Gasteiger partial charge is 0.472 e. The van der Waals surface area contributed by atoms with Gasteiger partial charge >= 0.3 is 39.5 Å². The highest BCUT2D eigenvalue weighted by molar-refractivity contribution is 7.47. The molecule has 99 heavy (non-hydrogen) atoms. The smallest absolute Gasteiger partial charge is 0.462 e. The van der Waals surface area contributed by atoms with Crippen molar-refractivity contribution in [1.82, 2.24) is 0 Å². The Hall–Kier alpha value is -1.94. The zero-order valence-corrected chi connectivity index (χ0v) is 66.6. The molecule has 0 aromatic carbocycles. The monoisotopic (exact) mass is 1450 g/mol. The molecule has 3 N–H and O–H groups in total. The van der Waals surface area contributed by atoms with Crippen LogP contribution in [0.2, 0.25) is 0 Å². The van der Waals surface area contributed by atoms with Crippen LogP contribution < -0.4 is 0 Å². The molecule has 0 aromatic heterocycles. The molecule has 0 amide bonds. The van der Waals surface area contributed by atoms with Crippen LogP contribution in [-0.4, -0.2) is 96.7 Å². The molecule has 19 heteroatoms. The molecule has 6 atom stereocenters. The quantitative estimate of drug-likeness (QED) is 0.0222. The second-order valence-corrected chi connectivity index (χ2v) is 32.4. The van der Waals surface area contributed by atoms with Gasteiger partial charge in [0, 0.05) is 25.7 Å². The first-order valence-corrected chi connectivity index (χ1v) is 44.5. The van der Waals surface area contributed by atoms with E-state index >= 15 is 0 Å². The van der Waals surface area contributed by atoms with E-state index in [-0.39, 0.29) is 25.7 Å². The summed E-state index contributed by atoms with van der Waals surface area (Å²) >= 11 is 0. The van der Waals surface area contributed by atoms with Gasteiger partial charge in [0.2, 0.25) is 0 Å². The molecule has 3 unspecified atom stereocenters. The number of phosphoric acid groups is 2. The second kappa shape index (κ2) is 71.7. The van der Waals surface area contributed by atoms with Crippen LogP contribution in [0, 0.1) is 11.8 Å². The molecule has 0 aliphatic carbocycles. The zero-order valence-electron chi connectivity index (χ0n) is 64.8. The molecule has 0 rings (SSSR count). The number of aliphatic hydroxyl groups is 1. The number of phosphoric ester groups is 2. The highest BCUT2D eigenvalue weighted by Crippen LogP contribution is 2.45. The predicted molar refractivity (Wildman–Crippen MR) is 405 cm³/mol. The number of carbonyl (C=O) groups is 4. The van der Waals surface area contributed by atoms with Gasteiger partial charge in [0.25, 0.3) is 0 Å². The van der Waals surface area contributed by atoms with E-state index in [9.17, 15) is 43.2 Å². The van der Waals surface area contributed by atoms with Gasteiger partial charge in [-0.25, -0.2) is 9.13 Å². The van der Waals surface area contributed by atoms with Gasteiger partial charge in [0.05, 0.1) is 26.4 Å². The van der Waals surface area contributed by atoms with E-state index in [0.29, 0.717) is 25.7 Å². The molecular weight excluding hydrogens is 1290 g/mol. The average molecular weight is 1450 g/mol. The molecule has 0 aliphatic heterocycles. The van der Waals surface area contributed by atoms with Gasteiger partial charge in [0.1, 0.15) is 19.3 Å². The number of ether oxygens (including phenoxy) is 4. The first-order valence-electron chi connectivity index (χ1n) is 41.5. The Morgan fingerprint density at radius 3 is 0.768 bits per heavy atom. The van der Waals surface area contributed by atoms with Crippen LogP contribution in [0.25, 0.3) is 0 Å². The number of unbranched alkanes of at least 4 members (excludes halogenated alkanes) is 48. The van der Waals surface area contributed by atoms with Crippen molar-refractivity contribution >= 4 is 39.5 Å². The lowest BCUT2D eigenvalue weighted by atomic mass is 10.00. The zero-order chi connectivity index (χ0) is 72.8. The normalized spacial score (nSPS) is 14.2. The fourth-order valence-corrected chi connectivity index (χ4v) is 13.9. The van der Waals surface area contributed by atoms with E-state index in [2.05, 4.69) is 41.5 Å². The third-order valence-corrected chi connectivity index (χ3v) is 21.0. The van der Waals surface area contributed by atoms with Crippen molar-refractivity contribution < 1.29 is 80.2 Å². The Labute approximate surface area is 607 Å². The number of hydrogen-bond acceptors (Lipinski definition) is 15. The standard InChI is InChI=1S/C80H156O17P2/c1-7-10-12-14-16-18-20-22-24-26-27-28-30-32-34-36-40-44-52-58-64-79(84)96-75(68-90-77(82)62-56-50-43-39-35-33-31-29-25-23-21-19-17-15-13-11-8-2)70-94-98(86,87)92-66-74(81)67-93-99(88,89)95-71-76(69-91-78(83)63-57-51-47-46-49-55-61-73(6)9-3)97-80(85)65-59-53-45-41-37-38-42-48-54-60-72(4)5/h72-76,81H,7-71H2,1-6H3,(H,86,87)(H,88,89)/t73?,74-,75-,76-/m1/s1. The highest BCUT2D eigenvalue weighted by atomic mass is 31.2. The van der Waals surface area contributed by atoms with Crippen molar-refractivity contribution in [2.75, 3.05) is 39.6 Å². The molecule has 0 aliphatic rings.